The Balaban J connectivity index is 1.85. The Bertz CT molecular complexity index is 1080. The van der Waals surface area contributed by atoms with E-state index in [4.69, 9.17) is 0 Å². The third kappa shape index (κ3) is 4.54. The maximum atomic E-state index is 12.6. The number of hydrogen-bond donors (Lipinski definition) is 2. The molecule has 0 saturated heterocycles. The van der Waals surface area contributed by atoms with Crippen molar-refractivity contribution in [1.29, 1.82) is 0 Å². The van der Waals surface area contributed by atoms with Crippen molar-refractivity contribution in [2.24, 2.45) is 0 Å². The molecule has 0 aliphatic carbocycles. The molecule has 0 radical (unpaired) electrons. The summed E-state index contributed by atoms with van der Waals surface area (Å²) < 4.78 is 27.7. The molecule has 0 atom stereocenters. The first kappa shape index (κ1) is 18.7. The average molecular weight is 380 g/mol. The van der Waals surface area contributed by atoms with Crippen LogP contribution in [-0.4, -0.2) is 14.3 Å². The summed E-state index contributed by atoms with van der Waals surface area (Å²) in [4.78, 5) is 12.7. The number of amides is 1. The van der Waals surface area contributed by atoms with Crippen LogP contribution in [0.3, 0.4) is 0 Å². The van der Waals surface area contributed by atoms with Crippen LogP contribution in [0.15, 0.2) is 77.7 Å². The Morgan fingerprint density at radius 1 is 0.852 bits per heavy atom. The van der Waals surface area contributed by atoms with E-state index in [0.29, 0.717) is 16.9 Å². The van der Waals surface area contributed by atoms with E-state index in [9.17, 15) is 13.2 Å². The maximum absolute atomic E-state index is 12.6. The standard InChI is InChI=1S/C21H20N2O3S/c1-15-7-6-8-18(13-15)22-21(24)17-12-11-16(2)20(14-17)23-27(25,26)19-9-4-3-5-10-19/h3-14,23H,1-2H3,(H,22,24). The summed E-state index contributed by atoms with van der Waals surface area (Å²) >= 11 is 0. The summed E-state index contributed by atoms with van der Waals surface area (Å²) in [5.41, 5.74) is 3.19. The number of aryl methyl sites for hydroxylation is 2. The molecule has 2 N–H and O–H groups in total. The lowest BCUT2D eigenvalue weighted by molar-refractivity contribution is 0.102. The van der Waals surface area contributed by atoms with Crippen molar-refractivity contribution >= 4 is 27.3 Å². The van der Waals surface area contributed by atoms with E-state index < -0.39 is 10.0 Å². The van der Waals surface area contributed by atoms with Crippen LogP contribution in [0.1, 0.15) is 21.5 Å². The van der Waals surface area contributed by atoms with Crippen LogP contribution in [0.5, 0.6) is 0 Å². The van der Waals surface area contributed by atoms with Gasteiger partial charge in [-0.15, -0.1) is 0 Å². The Hall–Kier alpha value is -3.12. The second-order valence-electron chi connectivity index (χ2n) is 6.27. The van der Waals surface area contributed by atoms with Gasteiger partial charge < -0.3 is 5.32 Å². The molecule has 3 aromatic rings. The molecule has 0 unspecified atom stereocenters. The largest absolute Gasteiger partial charge is 0.322 e. The van der Waals surface area contributed by atoms with E-state index >= 15 is 0 Å². The van der Waals surface area contributed by atoms with Crippen molar-refractivity contribution in [3.8, 4) is 0 Å². The van der Waals surface area contributed by atoms with Crippen LogP contribution in [0.2, 0.25) is 0 Å². The first-order chi connectivity index (χ1) is 12.8. The fraction of sp³-hybridized carbons (Fsp3) is 0.0952. The van der Waals surface area contributed by atoms with Crippen molar-refractivity contribution < 1.29 is 13.2 Å². The molecule has 0 aliphatic heterocycles. The topological polar surface area (TPSA) is 75.3 Å². The monoisotopic (exact) mass is 380 g/mol. The predicted molar refractivity (Wildman–Crippen MR) is 108 cm³/mol. The minimum Gasteiger partial charge on any atom is -0.322 e. The minimum absolute atomic E-state index is 0.166. The van der Waals surface area contributed by atoms with E-state index in [1.165, 1.54) is 12.1 Å². The summed E-state index contributed by atoms with van der Waals surface area (Å²) in [6, 6.07) is 20.5. The van der Waals surface area contributed by atoms with Crippen LogP contribution < -0.4 is 10.0 Å². The highest BCUT2D eigenvalue weighted by Crippen LogP contribution is 2.22. The highest BCUT2D eigenvalue weighted by molar-refractivity contribution is 7.92. The van der Waals surface area contributed by atoms with Gasteiger partial charge in [0.25, 0.3) is 15.9 Å². The molecule has 0 aliphatic rings. The molecular weight excluding hydrogens is 360 g/mol. The average Bonchev–Trinajstić information content (AvgIpc) is 2.64. The van der Waals surface area contributed by atoms with Gasteiger partial charge in [0.05, 0.1) is 10.6 Å². The molecule has 27 heavy (non-hydrogen) atoms. The van der Waals surface area contributed by atoms with Gasteiger partial charge in [0, 0.05) is 11.3 Å². The molecule has 0 spiro atoms. The van der Waals surface area contributed by atoms with Gasteiger partial charge in [-0.1, -0.05) is 36.4 Å². The van der Waals surface area contributed by atoms with Gasteiger partial charge in [0.15, 0.2) is 0 Å². The predicted octanol–water partition coefficient (Wildman–Crippen LogP) is 4.36. The number of anilines is 2. The van der Waals surface area contributed by atoms with Gasteiger partial charge in [-0.05, 0) is 61.4 Å². The quantitative estimate of drug-likeness (QED) is 0.691. The summed E-state index contributed by atoms with van der Waals surface area (Å²) in [5.74, 6) is -0.305. The third-order valence-electron chi connectivity index (χ3n) is 4.07. The second kappa shape index (κ2) is 7.63. The highest BCUT2D eigenvalue weighted by Gasteiger charge is 2.16. The van der Waals surface area contributed by atoms with Crippen LogP contribution in [0.25, 0.3) is 0 Å². The zero-order valence-electron chi connectivity index (χ0n) is 15.1. The van der Waals surface area contributed by atoms with Crippen LogP contribution >= 0.6 is 0 Å². The van der Waals surface area contributed by atoms with Gasteiger partial charge in [-0.2, -0.15) is 0 Å². The van der Waals surface area contributed by atoms with Crippen LogP contribution in [-0.2, 0) is 10.0 Å². The SMILES string of the molecule is Cc1cccc(NC(=O)c2ccc(C)c(NS(=O)(=O)c3ccccc3)c2)c1. The Morgan fingerprint density at radius 2 is 1.59 bits per heavy atom. The van der Waals surface area contributed by atoms with Crippen molar-refractivity contribution in [2.45, 2.75) is 18.7 Å². The van der Waals surface area contributed by atoms with Crippen molar-refractivity contribution in [3.63, 3.8) is 0 Å². The molecule has 3 aromatic carbocycles. The molecule has 0 saturated carbocycles. The second-order valence-corrected chi connectivity index (χ2v) is 7.95. The number of rotatable bonds is 5. The molecule has 138 valence electrons. The molecule has 5 nitrogen and oxygen atoms in total. The first-order valence-corrected chi connectivity index (χ1v) is 9.90. The lowest BCUT2D eigenvalue weighted by atomic mass is 10.1. The van der Waals surface area contributed by atoms with Crippen molar-refractivity contribution in [3.05, 3.63) is 89.5 Å². The summed E-state index contributed by atoms with van der Waals surface area (Å²) in [6.45, 7) is 3.73. The van der Waals surface area contributed by atoms with Crippen LogP contribution in [0.4, 0.5) is 11.4 Å². The van der Waals surface area contributed by atoms with Crippen molar-refractivity contribution in [1.82, 2.24) is 0 Å². The fourth-order valence-corrected chi connectivity index (χ4v) is 3.75. The van der Waals surface area contributed by atoms with Gasteiger partial charge in [-0.3, -0.25) is 9.52 Å². The fourth-order valence-electron chi connectivity index (χ4n) is 2.60. The number of hydrogen-bond acceptors (Lipinski definition) is 3. The smallest absolute Gasteiger partial charge is 0.261 e. The Labute approximate surface area is 159 Å². The van der Waals surface area contributed by atoms with Gasteiger partial charge >= 0.3 is 0 Å². The molecule has 0 aromatic heterocycles. The molecular formula is C21H20N2O3S. The molecule has 3 rings (SSSR count). The summed E-state index contributed by atoms with van der Waals surface area (Å²) in [7, 11) is -3.72. The summed E-state index contributed by atoms with van der Waals surface area (Å²) in [5, 5.41) is 2.82. The Morgan fingerprint density at radius 3 is 2.30 bits per heavy atom. The zero-order chi connectivity index (χ0) is 19.4. The third-order valence-corrected chi connectivity index (χ3v) is 5.45. The van der Waals surface area contributed by atoms with E-state index in [1.54, 1.807) is 49.4 Å². The maximum Gasteiger partial charge on any atom is 0.261 e. The molecule has 0 fully saturated rings. The number of carbonyl (C=O) groups excluding carboxylic acids is 1. The Kier molecular flexibility index (Phi) is 5.28. The number of sulfonamides is 1. The number of carbonyl (C=O) groups is 1. The number of nitrogens with one attached hydrogen (secondary N) is 2. The van der Waals surface area contributed by atoms with Crippen molar-refractivity contribution in [2.75, 3.05) is 10.0 Å². The van der Waals surface area contributed by atoms with E-state index in [-0.39, 0.29) is 10.8 Å². The van der Waals surface area contributed by atoms with Gasteiger partial charge in [0.1, 0.15) is 0 Å². The normalized spacial score (nSPS) is 11.0. The molecule has 0 heterocycles. The van der Waals surface area contributed by atoms with E-state index in [0.717, 1.165) is 11.1 Å². The lowest BCUT2D eigenvalue weighted by Crippen LogP contribution is -2.16. The van der Waals surface area contributed by atoms with E-state index in [2.05, 4.69) is 10.0 Å². The highest BCUT2D eigenvalue weighted by atomic mass is 32.2. The number of benzene rings is 3. The van der Waals surface area contributed by atoms with Gasteiger partial charge in [0.2, 0.25) is 0 Å². The zero-order valence-corrected chi connectivity index (χ0v) is 15.9. The lowest BCUT2D eigenvalue weighted by Gasteiger charge is -2.13. The van der Waals surface area contributed by atoms with Crippen LogP contribution in [0, 0.1) is 13.8 Å². The molecule has 0 bridgehead atoms. The summed E-state index contributed by atoms with van der Waals surface area (Å²) in [6.07, 6.45) is 0. The first-order valence-electron chi connectivity index (χ1n) is 8.42. The molecule has 6 heteroatoms. The van der Waals surface area contributed by atoms with E-state index in [1.807, 2.05) is 25.1 Å². The minimum atomic E-state index is -3.72. The van der Waals surface area contributed by atoms with Gasteiger partial charge in [-0.25, -0.2) is 8.42 Å². The molecule has 1 amide bonds.